The van der Waals surface area contributed by atoms with Gasteiger partial charge in [0.25, 0.3) is 5.91 Å². The zero-order valence-electron chi connectivity index (χ0n) is 13.8. The number of hydrogen-bond donors (Lipinski definition) is 0. The Morgan fingerprint density at radius 3 is 2.48 bits per heavy atom. The number of fused-ring (bicyclic) bond motifs is 1. The number of aromatic nitrogens is 2. The first-order valence-electron chi connectivity index (χ1n) is 8.04. The summed E-state index contributed by atoms with van der Waals surface area (Å²) in [6, 6.07) is 19.6. The summed E-state index contributed by atoms with van der Waals surface area (Å²) in [5.74, 6) is -0.00156. The molecular weight excluding hydrogens is 330 g/mol. The van der Waals surface area contributed by atoms with Crippen LogP contribution in [0.25, 0.3) is 15.9 Å². The average Bonchev–Trinajstić information content (AvgIpc) is 3.30. The third-order valence-electron chi connectivity index (χ3n) is 4.07. The molecule has 2 aromatic carbocycles. The highest BCUT2D eigenvalue weighted by Crippen LogP contribution is 2.23. The molecule has 0 aliphatic rings. The van der Waals surface area contributed by atoms with Crippen LogP contribution in [0.2, 0.25) is 0 Å². The van der Waals surface area contributed by atoms with Gasteiger partial charge in [-0.25, -0.2) is 4.98 Å². The normalized spacial score (nSPS) is 10.9. The average molecular weight is 347 g/mol. The predicted molar refractivity (Wildman–Crippen MR) is 101 cm³/mol. The van der Waals surface area contributed by atoms with Crippen molar-refractivity contribution in [3.8, 4) is 5.69 Å². The van der Waals surface area contributed by atoms with Crippen LogP contribution in [0.5, 0.6) is 0 Å². The molecule has 0 spiro atoms. The van der Waals surface area contributed by atoms with Crippen LogP contribution in [0.15, 0.2) is 73.1 Å². The lowest BCUT2D eigenvalue weighted by Crippen LogP contribution is -2.26. The lowest BCUT2D eigenvalue weighted by atomic mass is 10.2. The first-order valence-corrected chi connectivity index (χ1v) is 8.86. The smallest absolute Gasteiger partial charge is 0.253 e. The standard InChI is InChI=1S/C20H17N3OS/c1-22(14-19-21-17-6-2-3-7-18(17)25-19)20(24)15-8-10-16(11-9-15)23-12-4-5-13-23/h2-13H,14H2,1H3. The fraction of sp³-hybridized carbons (Fsp3) is 0.100. The summed E-state index contributed by atoms with van der Waals surface area (Å²) < 4.78 is 3.16. The minimum absolute atomic E-state index is 0.00156. The van der Waals surface area contributed by atoms with Gasteiger partial charge in [-0.3, -0.25) is 4.79 Å². The van der Waals surface area contributed by atoms with Crippen LogP contribution >= 0.6 is 11.3 Å². The lowest BCUT2D eigenvalue weighted by molar-refractivity contribution is 0.0785. The van der Waals surface area contributed by atoms with Crippen LogP contribution in [-0.2, 0) is 6.54 Å². The molecule has 0 unspecified atom stereocenters. The minimum atomic E-state index is -0.00156. The number of hydrogen-bond acceptors (Lipinski definition) is 3. The molecule has 124 valence electrons. The van der Waals surface area contributed by atoms with Gasteiger partial charge in [0, 0.05) is 30.7 Å². The molecule has 4 nitrogen and oxygen atoms in total. The molecule has 2 heterocycles. The van der Waals surface area contributed by atoms with Gasteiger partial charge in [0.2, 0.25) is 0 Å². The van der Waals surface area contributed by atoms with E-state index in [1.54, 1.807) is 16.2 Å². The van der Waals surface area contributed by atoms with Crippen molar-refractivity contribution >= 4 is 27.5 Å². The second kappa shape index (κ2) is 6.53. The quantitative estimate of drug-likeness (QED) is 0.550. The van der Waals surface area contributed by atoms with E-state index in [0.717, 1.165) is 20.9 Å². The first kappa shape index (κ1) is 15.6. The van der Waals surface area contributed by atoms with Crippen LogP contribution in [0.4, 0.5) is 0 Å². The van der Waals surface area contributed by atoms with Gasteiger partial charge in [-0.1, -0.05) is 12.1 Å². The molecule has 0 N–H and O–H groups in total. The maximum absolute atomic E-state index is 12.7. The van der Waals surface area contributed by atoms with E-state index in [2.05, 4.69) is 11.1 Å². The largest absolute Gasteiger partial charge is 0.335 e. The summed E-state index contributed by atoms with van der Waals surface area (Å²) in [6.45, 7) is 0.511. The van der Waals surface area contributed by atoms with E-state index in [1.807, 2.05) is 78.6 Å². The molecule has 4 rings (SSSR count). The van der Waals surface area contributed by atoms with E-state index in [4.69, 9.17) is 0 Å². The van der Waals surface area contributed by atoms with E-state index >= 15 is 0 Å². The van der Waals surface area contributed by atoms with Crippen molar-refractivity contribution in [1.29, 1.82) is 0 Å². The van der Waals surface area contributed by atoms with Crippen molar-refractivity contribution in [2.75, 3.05) is 7.05 Å². The Bertz CT molecular complexity index is 970. The van der Waals surface area contributed by atoms with Crippen molar-refractivity contribution in [3.63, 3.8) is 0 Å². The summed E-state index contributed by atoms with van der Waals surface area (Å²) in [5, 5.41) is 0.945. The van der Waals surface area contributed by atoms with Gasteiger partial charge in [-0.05, 0) is 48.5 Å². The lowest BCUT2D eigenvalue weighted by Gasteiger charge is -2.16. The van der Waals surface area contributed by atoms with Crippen LogP contribution in [0.1, 0.15) is 15.4 Å². The third kappa shape index (κ3) is 3.19. The van der Waals surface area contributed by atoms with Crippen LogP contribution < -0.4 is 0 Å². The number of carbonyl (C=O) groups is 1. The minimum Gasteiger partial charge on any atom is -0.335 e. The predicted octanol–water partition coefficient (Wildman–Crippen LogP) is 4.36. The molecule has 4 aromatic rings. The first-order chi connectivity index (χ1) is 12.2. The van der Waals surface area contributed by atoms with Crippen LogP contribution in [-0.4, -0.2) is 27.4 Å². The second-order valence-corrected chi connectivity index (χ2v) is 6.99. The summed E-state index contributed by atoms with van der Waals surface area (Å²) in [5.41, 5.74) is 2.70. The van der Waals surface area contributed by atoms with Crippen molar-refractivity contribution in [3.05, 3.63) is 83.6 Å². The molecule has 5 heteroatoms. The highest BCUT2D eigenvalue weighted by atomic mass is 32.1. The van der Waals surface area contributed by atoms with Crippen molar-refractivity contribution < 1.29 is 4.79 Å². The SMILES string of the molecule is CN(Cc1nc2ccccc2s1)C(=O)c1ccc(-n2cccc2)cc1. The molecule has 25 heavy (non-hydrogen) atoms. The van der Waals surface area contributed by atoms with Gasteiger partial charge in [-0.15, -0.1) is 11.3 Å². The van der Waals surface area contributed by atoms with E-state index in [1.165, 1.54) is 0 Å². The van der Waals surface area contributed by atoms with Gasteiger partial charge in [0.05, 0.1) is 16.8 Å². The van der Waals surface area contributed by atoms with E-state index in [9.17, 15) is 4.79 Å². The molecule has 0 fully saturated rings. The van der Waals surface area contributed by atoms with Crippen molar-refractivity contribution in [1.82, 2.24) is 14.5 Å². The molecule has 0 aliphatic carbocycles. The zero-order valence-corrected chi connectivity index (χ0v) is 14.6. The van der Waals surface area contributed by atoms with Gasteiger partial charge >= 0.3 is 0 Å². The Balaban J connectivity index is 1.49. The zero-order chi connectivity index (χ0) is 17.2. The van der Waals surface area contributed by atoms with Crippen LogP contribution in [0, 0.1) is 0 Å². The number of carbonyl (C=O) groups excluding carboxylic acids is 1. The number of nitrogens with zero attached hydrogens (tertiary/aromatic N) is 3. The molecular formula is C20H17N3OS. The number of rotatable bonds is 4. The molecule has 2 aromatic heterocycles. The van der Waals surface area contributed by atoms with Crippen LogP contribution in [0.3, 0.4) is 0 Å². The maximum Gasteiger partial charge on any atom is 0.253 e. The summed E-state index contributed by atoms with van der Waals surface area (Å²) in [7, 11) is 1.81. The summed E-state index contributed by atoms with van der Waals surface area (Å²) in [4.78, 5) is 19.0. The number of benzene rings is 2. The van der Waals surface area contributed by atoms with E-state index in [-0.39, 0.29) is 5.91 Å². The van der Waals surface area contributed by atoms with Gasteiger partial charge in [0.15, 0.2) is 0 Å². The fourth-order valence-electron chi connectivity index (χ4n) is 2.77. The van der Waals surface area contributed by atoms with Crippen molar-refractivity contribution in [2.45, 2.75) is 6.54 Å². The van der Waals surface area contributed by atoms with Gasteiger partial charge in [-0.2, -0.15) is 0 Å². The topological polar surface area (TPSA) is 38.1 Å². The van der Waals surface area contributed by atoms with E-state index in [0.29, 0.717) is 12.1 Å². The molecule has 1 amide bonds. The maximum atomic E-state index is 12.7. The Labute approximate surface area is 150 Å². The molecule has 0 aliphatic heterocycles. The third-order valence-corrected chi connectivity index (χ3v) is 5.10. The Morgan fingerprint density at radius 1 is 1.04 bits per heavy atom. The Hall–Kier alpha value is -2.92. The van der Waals surface area contributed by atoms with E-state index < -0.39 is 0 Å². The number of para-hydroxylation sites is 1. The van der Waals surface area contributed by atoms with Gasteiger partial charge < -0.3 is 9.47 Å². The Kier molecular flexibility index (Phi) is 4.07. The molecule has 0 saturated carbocycles. The Morgan fingerprint density at radius 2 is 1.76 bits per heavy atom. The monoisotopic (exact) mass is 347 g/mol. The molecule has 0 bridgehead atoms. The highest BCUT2D eigenvalue weighted by molar-refractivity contribution is 7.18. The van der Waals surface area contributed by atoms with Crippen molar-refractivity contribution in [2.24, 2.45) is 0 Å². The van der Waals surface area contributed by atoms with Gasteiger partial charge in [0.1, 0.15) is 5.01 Å². The molecule has 0 saturated heterocycles. The number of amides is 1. The molecule has 0 atom stereocenters. The second-order valence-electron chi connectivity index (χ2n) is 5.87. The highest BCUT2D eigenvalue weighted by Gasteiger charge is 2.14. The summed E-state index contributed by atoms with van der Waals surface area (Å²) >= 11 is 1.63. The molecule has 0 radical (unpaired) electrons. The number of thiazole rings is 1. The fourth-order valence-corrected chi connectivity index (χ4v) is 3.79. The summed E-state index contributed by atoms with van der Waals surface area (Å²) in [6.07, 6.45) is 3.96.